The fourth-order valence-electron chi connectivity index (χ4n) is 7.51. The van der Waals surface area contributed by atoms with Crippen LogP contribution in [-0.2, 0) is 20.5 Å². The number of rotatable bonds is 3. The molecule has 0 aliphatic carbocycles. The van der Waals surface area contributed by atoms with Crippen LogP contribution in [0.4, 0.5) is 11.4 Å². The van der Waals surface area contributed by atoms with Crippen molar-refractivity contribution in [2.24, 2.45) is 5.92 Å². The van der Waals surface area contributed by atoms with Crippen molar-refractivity contribution in [1.82, 2.24) is 4.90 Å². The van der Waals surface area contributed by atoms with Gasteiger partial charge in [0.2, 0.25) is 5.91 Å². The highest BCUT2D eigenvalue weighted by molar-refractivity contribution is 6.31. The van der Waals surface area contributed by atoms with Gasteiger partial charge in [-0.3, -0.25) is 19.3 Å². The summed E-state index contributed by atoms with van der Waals surface area (Å²) in [6, 6.07) is 19.4. The van der Waals surface area contributed by atoms with Gasteiger partial charge in [0.05, 0.1) is 13.0 Å². The second kappa shape index (κ2) is 7.66. The fraction of sp³-hybridized carbons (Fsp3) is 0.276. The lowest BCUT2D eigenvalue weighted by atomic mass is 9.57. The summed E-state index contributed by atoms with van der Waals surface area (Å²) in [4.78, 5) is 45.4. The van der Waals surface area contributed by atoms with E-state index in [2.05, 4.69) is 15.5 Å². The van der Waals surface area contributed by atoms with Crippen LogP contribution in [0.2, 0.25) is 5.02 Å². The van der Waals surface area contributed by atoms with E-state index in [0.717, 1.165) is 6.42 Å². The summed E-state index contributed by atoms with van der Waals surface area (Å²) in [6.07, 6.45) is 1.51. The molecule has 0 radical (unpaired) electrons. The molecule has 0 aromatic heterocycles. The van der Waals surface area contributed by atoms with Gasteiger partial charge in [-0.25, -0.2) is 0 Å². The number of nitrogens with zero attached hydrogens (tertiary/aromatic N) is 1. The number of anilines is 2. The standard InChI is InChI=1S/C29H24ClN3O4/c1-37-18-7-4-6-16(14-18)25(34)24-23-10-5-13-33(23)29(20-15-17(30)11-12-22(20)32-27(29)36)28(24)19-8-2-3-9-21(19)31-26(28)35/h2-4,6-9,11-12,14-15,23-24H,5,10,13H2,1H3,(H,31,35)(H,32,36)/t23-,24-,28+,29+/m0/s1. The molecule has 37 heavy (non-hydrogen) atoms. The summed E-state index contributed by atoms with van der Waals surface area (Å²) >= 11 is 6.50. The van der Waals surface area contributed by atoms with E-state index in [1.165, 1.54) is 0 Å². The van der Waals surface area contributed by atoms with Crippen LogP contribution < -0.4 is 15.4 Å². The van der Waals surface area contributed by atoms with Gasteiger partial charge in [0.15, 0.2) is 5.78 Å². The molecule has 7 rings (SSSR count). The number of benzene rings is 3. The Labute approximate surface area is 218 Å². The maximum atomic E-state index is 14.6. The van der Waals surface area contributed by atoms with E-state index in [0.29, 0.717) is 51.8 Å². The summed E-state index contributed by atoms with van der Waals surface area (Å²) in [5.74, 6) is -1.07. The molecule has 8 heteroatoms. The molecule has 2 fully saturated rings. The Balaban J connectivity index is 1.58. The zero-order valence-electron chi connectivity index (χ0n) is 20.1. The van der Waals surface area contributed by atoms with E-state index in [9.17, 15) is 14.4 Å². The number of amides is 2. The number of para-hydroxylation sites is 1. The van der Waals surface area contributed by atoms with Crippen LogP contribution in [0.5, 0.6) is 5.75 Å². The topological polar surface area (TPSA) is 87.7 Å². The van der Waals surface area contributed by atoms with Crippen LogP contribution in [0, 0.1) is 5.92 Å². The number of nitrogens with one attached hydrogen (secondary N) is 2. The Bertz CT molecular complexity index is 1520. The van der Waals surface area contributed by atoms with Gasteiger partial charge in [-0.2, -0.15) is 0 Å². The normalized spacial score (nSPS) is 29.2. The van der Waals surface area contributed by atoms with E-state index in [-0.39, 0.29) is 23.6 Å². The molecule has 2 spiro atoms. The molecule has 4 aliphatic rings. The van der Waals surface area contributed by atoms with Crippen LogP contribution in [0.15, 0.2) is 66.7 Å². The predicted octanol–water partition coefficient (Wildman–Crippen LogP) is 4.36. The van der Waals surface area contributed by atoms with Crippen molar-refractivity contribution < 1.29 is 19.1 Å². The highest BCUT2D eigenvalue weighted by Crippen LogP contribution is 2.68. The maximum Gasteiger partial charge on any atom is 0.251 e. The Morgan fingerprint density at radius 1 is 0.973 bits per heavy atom. The quantitative estimate of drug-likeness (QED) is 0.508. The van der Waals surface area contributed by atoms with Crippen molar-refractivity contribution in [1.29, 1.82) is 0 Å². The highest BCUT2D eigenvalue weighted by Gasteiger charge is 2.81. The smallest absolute Gasteiger partial charge is 0.251 e. The Kier molecular flexibility index (Phi) is 4.66. The third-order valence-electron chi connectivity index (χ3n) is 8.70. The van der Waals surface area contributed by atoms with E-state index in [1.807, 2.05) is 24.3 Å². The molecule has 2 N–H and O–H groups in total. The molecule has 7 nitrogen and oxygen atoms in total. The number of ketones is 1. The zero-order valence-corrected chi connectivity index (χ0v) is 20.8. The van der Waals surface area contributed by atoms with Crippen molar-refractivity contribution in [3.63, 3.8) is 0 Å². The third kappa shape index (κ3) is 2.58. The predicted molar refractivity (Wildman–Crippen MR) is 139 cm³/mol. The molecule has 2 saturated heterocycles. The van der Waals surface area contributed by atoms with Crippen molar-refractivity contribution in [3.05, 3.63) is 88.4 Å². The lowest BCUT2D eigenvalue weighted by Crippen LogP contribution is -2.62. The number of methoxy groups -OCH3 is 1. The molecule has 4 aliphatic heterocycles. The van der Waals surface area contributed by atoms with E-state index in [1.54, 1.807) is 49.6 Å². The molecule has 4 atom stereocenters. The van der Waals surface area contributed by atoms with Gasteiger partial charge >= 0.3 is 0 Å². The molecular weight excluding hydrogens is 490 g/mol. The minimum absolute atomic E-state index is 0.178. The molecule has 0 bridgehead atoms. The van der Waals surface area contributed by atoms with Crippen molar-refractivity contribution >= 4 is 40.6 Å². The maximum absolute atomic E-state index is 14.6. The number of carbonyl (C=O) groups excluding carboxylic acids is 3. The van der Waals surface area contributed by atoms with E-state index in [4.69, 9.17) is 16.3 Å². The van der Waals surface area contributed by atoms with Crippen LogP contribution >= 0.6 is 11.6 Å². The average molecular weight is 514 g/mol. The largest absolute Gasteiger partial charge is 0.497 e. The van der Waals surface area contributed by atoms with Crippen molar-refractivity contribution in [3.8, 4) is 5.75 Å². The van der Waals surface area contributed by atoms with Crippen molar-refractivity contribution in [2.45, 2.75) is 29.8 Å². The summed E-state index contributed by atoms with van der Waals surface area (Å²) in [5.41, 5.74) is 0.0859. The van der Waals surface area contributed by atoms with Gasteiger partial charge in [-0.05, 0) is 61.3 Å². The minimum atomic E-state index is -1.49. The fourth-order valence-corrected chi connectivity index (χ4v) is 7.68. The number of Topliss-reactive ketones (excluding diaryl/α,β-unsaturated/α-hetero) is 1. The number of hydrogen-bond donors (Lipinski definition) is 2. The highest BCUT2D eigenvalue weighted by atomic mass is 35.5. The summed E-state index contributed by atoms with van der Waals surface area (Å²) in [6.45, 7) is 0.586. The first-order valence-corrected chi connectivity index (χ1v) is 12.8. The Morgan fingerprint density at radius 2 is 1.76 bits per heavy atom. The minimum Gasteiger partial charge on any atom is -0.497 e. The first-order valence-electron chi connectivity index (χ1n) is 12.4. The number of carbonyl (C=O) groups is 3. The SMILES string of the molecule is COc1cccc(C(=O)[C@@H]2[C@@H]3CCCN3[C@]3(C(=O)Nc4ccc(Cl)cc43)[C@@]23C(=O)Nc2ccccc23)c1. The van der Waals surface area contributed by atoms with E-state index >= 15 is 0 Å². The average Bonchev–Trinajstić information content (AvgIpc) is 3.62. The van der Waals surface area contributed by atoms with Crippen molar-refractivity contribution in [2.75, 3.05) is 24.3 Å². The first kappa shape index (κ1) is 22.5. The molecule has 186 valence electrons. The molecule has 2 amide bonds. The second-order valence-corrected chi connectivity index (χ2v) is 10.6. The van der Waals surface area contributed by atoms with Gasteiger partial charge in [0.1, 0.15) is 16.7 Å². The summed E-state index contributed by atoms with van der Waals surface area (Å²) in [7, 11) is 1.55. The molecule has 3 aromatic carbocycles. The molecule has 3 aromatic rings. The van der Waals surface area contributed by atoms with Gasteiger partial charge < -0.3 is 15.4 Å². The molecule has 0 unspecified atom stereocenters. The third-order valence-corrected chi connectivity index (χ3v) is 8.93. The zero-order chi connectivity index (χ0) is 25.5. The molecule has 4 heterocycles. The number of hydrogen-bond acceptors (Lipinski definition) is 5. The Morgan fingerprint density at radius 3 is 2.59 bits per heavy atom. The van der Waals surface area contributed by atoms with Gasteiger partial charge in [-0.15, -0.1) is 0 Å². The van der Waals surface area contributed by atoms with Crippen LogP contribution in [0.1, 0.15) is 34.3 Å². The summed E-state index contributed by atoms with van der Waals surface area (Å²) < 4.78 is 5.40. The first-order chi connectivity index (χ1) is 17.9. The van der Waals surface area contributed by atoms with Gasteiger partial charge in [0.25, 0.3) is 5.91 Å². The molecular formula is C29H24ClN3O4. The monoisotopic (exact) mass is 513 g/mol. The summed E-state index contributed by atoms with van der Waals surface area (Å²) in [5, 5.41) is 6.55. The van der Waals surface area contributed by atoms with Crippen LogP contribution in [-0.4, -0.2) is 42.2 Å². The van der Waals surface area contributed by atoms with Crippen LogP contribution in [0.25, 0.3) is 0 Å². The van der Waals surface area contributed by atoms with E-state index < -0.39 is 16.9 Å². The Hall–Kier alpha value is -3.68. The number of halogens is 1. The van der Waals surface area contributed by atoms with Gasteiger partial charge in [-0.1, -0.05) is 41.9 Å². The van der Waals surface area contributed by atoms with Crippen LogP contribution in [0.3, 0.4) is 0 Å². The lowest BCUT2D eigenvalue weighted by molar-refractivity contribution is -0.137. The van der Waals surface area contributed by atoms with Gasteiger partial charge in [0, 0.05) is 33.6 Å². The number of fused-ring (bicyclic) bond motifs is 7. The molecule has 0 saturated carbocycles. The second-order valence-electron chi connectivity index (χ2n) is 10.1. The number of ether oxygens (including phenoxy) is 1. The lowest BCUT2D eigenvalue weighted by Gasteiger charge is -2.43.